The van der Waals surface area contributed by atoms with E-state index in [2.05, 4.69) is 4.90 Å². The minimum absolute atomic E-state index is 0.0260. The third-order valence-electron chi connectivity index (χ3n) is 5.59. The molecule has 0 unspecified atom stereocenters. The molecule has 1 fully saturated rings. The zero-order valence-corrected chi connectivity index (χ0v) is 17.6. The molecule has 1 aliphatic rings. The summed E-state index contributed by atoms with van der Waals surface area (Å²) in [6, 6.07) is 9.22. The number of hydrogen-bond acceptors (Lipinski definition) is 5. The first-order chi connectivity index (χ1) is 13.9. The number of nitrogens with zero attached hydrogens (tertiary/aromatic N) is 3. The molecule has 0 aliphatic carbocycles. The van der Waals surface area contributed by atoms with Crippen LogP contribution in [0.4, 0.5) is 0 Å². The molecule has 156 valence electrons. The van der Waals surface area contributed by atoms with Gasteiger partial charge in [0.25, 0.3) is 5.91 Å². The SMILES string of the molecule is COc1ccccc1OCC(=O)N1CCN(CC(=O)c2cc(C)n(C)c2C)CC1. The number of Topliss-reactive ketones (excluding diaryl/α,β-unsaturated/α-hetero) is 1. The lowest BCUT2D eigenvalue weighted by Crippen LogP contribution is -2.51. The molecule has 1 saturated heterocycles. The number of piperazine rings is 1. The van der Waals surface area contributed by atoms with Crippen molar-refractivity contribution in [3.63, 3.8) is 0 Å². The topological polar surface area (TPSA) is 64.0 Å². The van der Waals surface area contributed by atoms with E-state index < -0.39 is 0 Å². The van der Waals surface area contributed by atoms with Gasteiger partial charge in [-0.15, -0.1) is 0 Å². The summed E-state index contributed by atoms with van der Waals surface area (Å²) in [7, 11) is 3.54. The molecule has 29 heavy (non-hydrogen) atoms. The van der Waals surface area contributed by atoms with Crippen molar-refractivity contribution < 1.29 is 19.1 Å². The second-order valence-corrected chi connectivity index (χ2v) is 7.36. The summed E-state index contributed by atoms with van der Waals surface area (Å²) in [4.78, 5) is 29.0. The van der Waals surface area contributed by atoms with Gasteiger partial charge >= 0.3 is 0 Å². The van der Waals surface area contributed by atoms with Crippen LogP contribution in [0.5, 0.6) is 11.5 Å². The average molecular weight is 399 g/mol. The number of ketones is 1. The fourth-order valence-electron chi connectivity index (χ4n) is 3.55. The molecule has 1 aliphatic heterocycles. The van der Waals surface area contributed by atoms with Crippen molar-refractivity contribution in [2.24, 2.45) is 7.05 Å². The van der Waals surface area contributed by atoms with Crippen LogP contribution < -0.4 is 9.47 Å². The molecular formula is C22H29N3O4. The number of aromatic nitrogens is 1. The normalized spacial score (nSPS) is 14.7. The zero-order valence-electron chi connectivity index (χ0n) is 17.6. The molecule has 0 N–H and O–H groups in total. The fourth-order valence-corrected chi connectivity index (χ4v) is 3.55. The van der Waals surface area contributed by atoms with Crippen LogP contribution in [0, 0.1) is 13.8 Å². The number of rotatable bonds is 7. The molecule has 0 radical (unpaired) electrons. The van der Waals surface area contributed by atoms with Gasteiger partial charge in [0.2, 0.25) is 0 Å². The maximum atomic E-state index is 12.7. The van der Waals surface area contributed by atoms with Crippen molar-refractivity contribution in [2.75, 3.05) is 46.4 Å². The van der Waals surface area contributed by atoms with Crippen LogP contribution in [0.1, 0.15) is 21.7 Å². The highest BCUT2D eigenvalue weighted by molar-refractivity contribution is 5.99. The van der Waals surface area contributed by atoms with E-state index in [1.54, 1.807) is 24.1 Å². The Morgan fingerprint density at radius 2 is 1.69 bits per heavy atom. The summed E-state index contributed by atoms with van der Waals surface area (Å²) in [5, 5.41) is 0. The molecule has 7 nitrogen and oxygen atoms in total. The van der Waals surface area contributed by atoms with Gasteiger partial charge in [0.05, 0.1) is 13.7 Å². The van der Waals surface area contributed by atoms with Crippen LogP contribution in [-0.2, 0) is 11.8 Å². The lowest BCUT2D eigenvalue weighted by atomic mass is 10.1. The Morgan fingerprint density at radius 3 is 2.28 bits per heavy atom. The van der Waals surface area contributed by atoms with Crippen LogP contribution in [0.15, 0.2) is 30.3 Å². The minimum atomic E-state index is -0.0589. The smallest absolute Gasteiger partial charge is 0.260 e. The summed E-state index contributed by atoms with van der Waals surface area (Å²) in [5.74, 6) is 1.23. The highest BCUT2D eigenvalue weighted by Gasteiger charge is 2.24. The number of methoxy groups -OCH3 is 1. The second kappa shape index (κ2) is 9.13. The average Bonchev–Trinajstić information content (AvgIpc) is 3.00. The third-order valence-corrected chi connectivity index (χ3v) is 5.59. The molecule has 1 aromatic heterocycles. The Morgan fingerprint density at radius 1 is 1.03 bits per heavy atom. The van der Waals surface area contributed by atoms with E-state index in [0.29, 0.717) is 44.2 Å². The van der Waals surface area contributed by atoms with Crippen LogP contribution in [0.2, 0.25) is 0 Å². The van der Waals surface area contributed by atoms with Gasteiger partial charge in [-0.3, -0.25) is 14.5 Å². The molecule has 2 aromatic rings. The van der Waals surface area contributed by atoms with Crippen LogP contribution in [0.25, 0.3) is 0 Å². The first-order valence-electron chi connectivity index (χ1n) is 9.82. The van der Waals surface area contributed by atoms with Gasteiger partial charge < -0.3 is 18.9 Å². The van der Waals surface area contributed by atoms with E-state index in [4.69, 9.17) is 9.47 Å². The van der Waals surface area contributed by atoms with Crippen LogP contribution in [-0.4, -0.2) is 72.5 Å². The second-order valence-electron chi connectivity index (χ2n) is 7.36. The van der Waals surface area contributed by atoms with Crippen molar-refractivity contribution in [1.29, 1.82) is 0 Å². The summed E-state index contributed by atoms with van der Waals surface area (Å²) in [6.45, 7) is 6.86. The number of aryl methyl sites for hydroxylation is 1. The minimum Gasteiger partial charge on any atom is -0.493 e. The molecule has 0 bridgehead atoms. The number of para-hydroxylation sites is 2. The standard InChI is InChI=1S/C22H29N3O4/c1-16-13-18(17(2)23(16)3)19(26)14-24-9-11-25(12-10-24)22(27)15-29-21-8-6-5-7-20(21)28-4/h5-8,13H,9-12,14-15H2,1-4H3. The fraction of sp³-hybridized carbons (Fsp3) is 0.455. The van der Waals surface area contributed by atoms with Crippen molar-refractivity contribution >= 4 is 11.7 Å². The number of amides is 1. The predicted molar refractivity (Wildman–Crippen MR) is 111 cm³/mol. The number of carbonyl (C=O) groups excluding carboxylic acids is 2. The summed E-state index contributed by atoms with van der Waals surface area (Å²) < 4.78 is 12.9. The largest absolute Gasteiger partial charge is 0.493 e. The Bertz CT molecular complexity index is 882. The van der Waals surface area contributed by atoms with Gasteiger partial charge in [0, 0.05) is 50.2 Å². The van der Waals surface area contributed by atoms with E-state index in [1.807, 2.05) is 43.7 Å². The highest BCUT2D eigenvalue weighted by atomic mass is 16.5. The molecule has 0 spiro atoms. The van der Waals surface area contributed by atoms with Crippen molar-refractivity contribution in [1.82, 2.24) is 14.4 Å². The van der Waals surface area contributed by atoms with Gasteiger partial charge in [0.15, 0.2) is 23.9 Å². The van der Waals surface area contributed by atoms with Gasteiger partial charge in [-0.2, -0.15) is 0 Å². The monoisotopic (exact) mass is 399 g/mol. The Hall–Kier alpha value is -2.80. The maximum Gasteiger partial charge on any atom is 0.260 e. The Balaban J connectivity index is 1.48. The van der Waals surface area contributed by atoms with Crippen molar-refractivity contribution in [3.05, 3.63) is 47.3 Å². The summed E-state index contributed by atoms with van der Waals surface area (Å²) in [6.07, 6.45) is 0. The van der Waals surface area contributed by atoms with E-state index in [-0.39, 0.29) is 18.3 Å². The summed E-state index contributed by atoms with van der Waals surface area (Å²) >= 11 is 0. The summed E-state index contributed by atoms with van der Waals surface area (Å²) in [5.41, 5.74) is 2.86. The van der Waals surface area contributed by atoms with Gasteiger partial charge in [0.1, 0.15) is 0 Å². The lowest BCUT2D eigenvalue weighted by molar-refractivity contribution is -0.135. The first kappa shape index (κ1) is 20.9. The zero-order chi connectivity index (χ0) is 21.0. The molecule has 2 heterocycles. The maximum absolute atomic E-state index is 12.7. The number of benzene rings is 1. The van der Waals surface area contributed by atoms with Crippen molar-refractivity contribution in [2.45, 2.75) is 13.8 Å². The molecule has 3 rings (SSSR count). The van der Waals surface area contributed by atoms with E-state index in [1.165, 1.54) is 0 Å². The molecule has 0 saturated carbocycles. The predicted octanol–water partition coefficient (Wildman–Crippen LogP) is 2.06. The van der Waals surface area contributed by atoms with Gasteiger partial charge in [-0.25, -0.2) is 0 Å². The molecular weight excluding hydrogens is 370 g/mol. The molecule has 7 heteroatoms. The van der Waals surface area contributed by atoms with E-state index in [9.17, 15) is 9.59 Å². The highest BCUT2D eigenvalue weighted by Crippen LogP contribution is 2.25. The van der Waals surface area contributed by atoms with E-state index >= 15 is 0 Å². The lowest BCUT2D eigenvalue weighted by Gasteiger charge is -2.34. The first-order valence-corrected chi connectivity index (χ1v) is 9.82. The molecule has 1 amide bonds. The van der Waals surface area contributed by atoms with Gasteiger partial charge in [-0.05, 0) is 32.0 Å². The van der Waals surface area contributed by atoms with Crippen molar-refractivity contribution in [3.8, 4) is 11.5 Å². The van der Waals surface area contributed by atoms with Gasteiger partial charge in [-0.1, -0.05) is 12.1 Å². The van der Waals surface area contributed by atoms with E-state index in [0.717, 1.165) is 17.0 Å². The number of ether oxygens (including phenoxy) is 2. The van der Waals surface area contributed by atoms with Crippen LogP contribution >= 0.6 is 0 Å². The Labute approximate surface area is 171 Å². The van der Waals surface area contributed by atoms with Crippen LogP contribution in [0.3, 0.4) is 0 Å². The number of carbonyl (C=O) groups is 2. The Kier molecular flexibility index (Phi) is 6.59. The number of hydrogen-bond donors (Lipinski definition) is 0. The molecule has 1 aromatic carbocycles. The third kappa shape index (κ3) is 4.79. The molecule has 0 atom stereocenters. The quantitative estimate of drug-likeness (QED) is 0.667.